The molecule has 0 saturated carbocycles. The maximum Gasteiger partial charge on any atom is 0.241 e. The molecular formula is C20H18FN3O3S. The molecule has 0 aliphatic rings. The van der Waals surface area contributed by atoms with Gasteiger partial charge in [-0.2, -0.15) is 4.72 Å². The second kappa shape index (κ2) is 8.28. The monoisotopic (exact) mass is 399 g/mol. The number of nitrogens with zero attached hydrogens (tertiary/aromatic N) is 1. The van der Waals surface area contributed by atoms with Crippen molar-refractivity contribution in [2.75, 3.05) is 5.32 Å². The van der Waals surface area contributed by atoms with Gasteiger partial charge in [0.2, 0.25) is 15.9 Å². The fourth-order valence-corrected chi connectivity index (χ4v) is 3.97. The molecule has 1 aromatic heterocycles. The Morgan fingerprint density at radius 2 is 1.64 bits per heavy atom. The van der Waals surface area contributed by atoms with Gasteiger partial charge in [-0.15, -0.1) is 0 Å². The zero-order valence-corrected chi connectivity index (χ0v) is 15.8. The molecule has 6 nitrogen and oxygen atoms in total. The van der Waals surface area contributed by atoms with Gasteiger partial charge in [-0.1, -0.05) is 18.2 Å². The molecule has 2 N–H and O–H groups in total. The summed E-state index contributed by atoms with van der Waals surface area (Å²) in [7, 11) is -3.94. The number of nitrogens with one attached hydrogen (secondary N) is 2. The van der Waals surface area contributed by atoms with Crippen LogP contribution in [0.5, 0.6) is 0 Å². The molecule has 0 aliphatic heterocycles. The highest BCUT2D eigenvalue weighted by atomic mass is 32.2. The van der Waals surface area contributed by atoms with Crippen LogP contribution in [-0.4, -0.2) is 19.3 Å². The van der Waals surface area contributed by atoms with E-state index < -0.39 is 21.9 Å². The highest BCUT2D eigenvalue weighted by Crippen LogP contribution is 2.25. The first-order valence-corrected chi connectivity index (χ1v) is 9.89. The topological polar surface area (TPSA) is 88.2 Å². The Morgan fingerprint density at radius 3 is 2.29 bits per heavy atom. The van der Waals surface area contributed by atoms with Gasteiger partial charge in [-0.3, -0.25) is 9.78 Å². The molecule has 3 aromatic rings. The summed E-state index contributed by atoms with van der Waals surface area (Å²) in [6, 6.07) is 14.2. The lowest BCUT2D eigenvalue weighted by Gasteiger charge is -2.20. The average molecular weight is 399 g/mol. The number of halogens is 1. The highest BCUT2D eigenvalue weighted by molar-refractivity contribution is 7.89. The van der Waals surface area contributed by atoms with E-state index in [1.807, 2.05) is 0 Å². The molecule has 0 bridgehead atoms. The molecule has 0 fully saturated rings. The number of aromatic nitrogens is 1. The van der Waals surface area contributed by atoms with Crippen molar-refractivity contribution in [2.24, 2.45) is 0 Å². The lowest BCUT2D eigenvalue weighted by Crippen LogP contribution is -2.29. The number of hydrogen-bond acceptors (Lipinski definition) is 4. The van der Waals surface area contributed by atoms with Crippen LogP contribution in [0.1, 0.15) is 24.1 Å². The molecule has 0 saturated heterocycles. The van der Waals surface area contributed by atoms with Gasteiger partial charge >= 0.3 is 0 Å². The molecule has 144 valence electrons. The number of benzene rings is 2. The van der Waals surface area contributed by atoms with Crippen LogP contribution in [0, 0.1) is 5.82 Å². The van der Waals surface area contributed by atoms with E-state index >= 15 is 0 Å². The number of sulfonamides is 1. The minimum Gasteiger partial charge on any atom is -0.326 e. The number of pyridine rings is 1. The van der Waals surface area contributed by atoms with Gasteiger partial charge in [0.1, 0.15) is 5.82 Å². The van der Waals surface area contributed by atoms with E-state index in [1.54, 1.807) is 36.7 Å². The third kappa shape index (κ3) is 4.79. The minimum atomic E-state index is -3.94. The Balaban J connectivity index is 1.98. The standard InChI is InChI=1S/C20H18FN3O3S/c1-14(25)23-18-3-2-4-19(13-18)28(26,27)24-20(16-9-11-22-12-10-16)15-5-7-17(21)8-6-15/h2-13,20,24H,1H3,(H,23,25). The zero-order valence-electron chi connectivity index (χ0n) is 15.0. The van der Waals surface area contributed by atoms with Crippen LogP contribution in [0.25, 0.3) is 0 Å². The number of carbonyl (C=O) groups excluding carboxylic acids is 1. The summed E-state index contributed by atoms with van der Waals surface area (Å²) < 4.78 is 41.9. The first kappa shape index (κ1) is 19.7. The van der Waals surface area contributed by atoms with Crippen molar-refractivity contribution in [1.82, 2.24) is 9.71 Å². The first-order valence-electron chi connectivity index (χ1n) is 8.40. The van der Waals surface area contributed by atoms with Crippen LogP contribution in [-0.2, 0) is 14.8 Å². The predicted molar refractivity (Wildman–Crippen MR) is 104 cm³/mol. The van der Waals surface area contributed by atoms with Gasteiger partial charge in [0, 0.05) is 25.0 Å². The maximum absolute atomic E-state index is 13.3. The van der Waals surface area contributed by atoms with Crippen molar-refractivity contribution in [1.29, 1.82) is 0 Å². The van der Waals surface area contributed by atoms with E-state index in [9.17, 15) is 17.6 Å². The Labute approximate surface area is 162 Å². The third-order valence-electron chi connectivity index (χ3n) is 3.98. The number of hydrogen-bond donors (Lipinski definition) is 2. The molecule has 1 amide bonds. The molecule has 0 spiro atoms. The predicted octanol–water partition coefficient (Wildman–Crippen LogP) is 3.25. The van der Waals surface area contributed by atoms with Gasteiger partial charge in [0.05, 0.1) is 10.9 Å². The normalized spacial score (nSPS) is 12.4. The van der Waals surface area contributed by atoms with Crippen molar-refractivity contribution >= 4 is 21.6 Å². The van der Waals surface area contributed by atoms with Gasteiger partial charge in [-0.25, -0.2) is 12.8 Å². The maximum atomic E-state index is 13.3. The summed E-state index contributed by atoms with van der Waals surface area (Å²) in [5.74, 6) is -0.716. The van der Waals surface area contributed by atoms with Gasteiger partial charge in [0.25, 0.3) is 0 Å². The Hall–Kier alpha value is -3.10. The van der Waals surface area contributed by atoms with Gasteiger partial charge in [0.15, 0.2) is 0 Å². The molecule has 8 heteroatoms. The quantitative estimate of drug-likeness (QED) is 0.666. The smallest absolute Gasteiger partial charge is 0.241 e. The fourth-order valence-electron chi connectivity index (χ4n) is 2.71. The summed E-state index contributed by atoms with van der Waals surface area (Å²) >= 11 is 0. The zero-order chi connectivity index (χ0) is 20.1. The Morgan fingerprint density at radius 1 is 1.00 bits per heavy atom. The molecule has 0 aliphatic carbocycles. The van der Waals surface area contributed by atoms with E-state index in [0.717, 1.165) is 0 Å². The van der Waals surface area contributed by atoms with Crippen LogP contribution >= 0.6 is 0 Å². The third-order valence-corrected chi connectivity index (χ3v) is 5.40. The van der Waals surface area contributed by atoms with Crippen molar-refractivity contribution < 1.29 is 17.6 Å². The SMILES string of the molecule is CC(=O)Nc1cccc(S(=O)(=O)NC(c2ccncc2)c2ccc(F)cc2)c1. The van der Waals surface area contributed by atoms with Crippen molar-refractivity contribution in [3.8, 4) is 0 Å². The van der Waals surface area contributed by atoms with Crippen LogP contribution in [0.4, 0.5) is 10.1 Å². The summed E-state index contributed by atoms with van der Waals surface area (Å²) in [4.78, 5) is 15.2. The summed E-state index contributed by atoms with van der Waals surface area (Å²) in [5, 5.41) is 2.56. The van der Waals surface area contributed by atoms with Crippen LogP contribution in [0.3, 0.4) is 0 Å². The summed E-state index contributed by atoms with van der Waals surface area (Å²) in [6.45, 7) is 1.34. The molecule has 1 heterocycles. The summed E-state index contributed by atoms with van der Waals surface area (Å²) in [6.07, 6.45) is 3.11. The second-order valence-electron chi connectivity index (χ2n) is 6.10. The second-order valence-corrected chi connectivity index (χ2v) is 7.81. The van der Waals surface area contributed by atoms with E-state index in [1.165, 1.54) is 43.3 Å². The number of amides is 1. The van der Waals surface area contributed by atoms with Gasteiger partial charge < -0.3 is 5.32 Å². The molecule has 2 aromatic carbocycles. The highest BCUT2D eigenvalue weighted by Gasteiger charge is 2.23. The van der Waals surface area contributed by atoms with E-state index in [4.69, 9.17) is 0 Å². The van der Waals surface area contributed by atoms with E-state index in [-0.39, 0.29) is 10.8 Å². The Kier molecular flexibility index (Phi) is 5.81. The molecule has 1 atom stereocenters. The number of carbonyl (C=O) groups is 1. The lowest BCUT2D eigenvalue weighted by molar-refractivity contribution is -0.114. The first-order chi connectivity index (χ1) is 13.3. The molecular weight excluding hydrogens is 381 g/mol. The fraction of sp³-hybridized carbons (Fsp3) is 0.100. The van der Waals surface area contributed by atoms with Crippen LogP contribution in [0.15, 0.2) is 78.0 Å². The molecule has 0 radical (unpaired) electrons. The lowest BCUT2D eigenvalue weighted by atomic mass is 10.0. The van der Waals surface area contributed by atoms with Crippen molar-refractivity contribution in [3.05, 3.63) is 90.0 Å². The van der Waals surface area contributed by atoms with Gasteiger partial charge in [-0.05, 0) is 53.6 Å². The molecule has 28 heavy (non-hydrogen) atoms. The van der Waals surface area contributed by atoms with Crippen LogP contribution < -0.4 is 10.0 Å². The molecule has 3 rings (SSSR count). The summed E-state index contributed by atoms with van der Waals surface area (Å²) in [5.41, 5.74) is 1.61. The van der Waals surface area contributed by atoms with Crippen LogP contribution in [0.2, 0.25) is 0 Å². The minimum absolute atomic E-state index is 0.0000761. The molecule has 1 unspecified atom stereocenters. The largest absolute Gasteiger partial charge is 0.326 e. The van der Waals surface area contributed by atoms with E-state index in [2.05, 4.69) is 15.0 Å². The number of rotatable bonds is 6. The van der Waals surface area contributed by atoms with Crippen molar-refractivity contribution in [3.63, 3.8) is 0 Å². The van der Waals surface area contributed by atoms with Crippen molar-refractivity contribution in [2.45, 2.75) is 17.9 Å². The average Bonchev–Trinajstić information content (AvgIpc) is 2.67. The Bertz CT molecular complexity index is 1070. The number of anilines is 1. The van der Waals surface area contributed by atoms with E-state index in [0.29, 0.717) is 16.8 Å².